The minimum atomic E-state index is -0.869. The number of ether oxygens (including phenoxy) is 1. The summed E-state index contributed by atoms with van der Waals surface area (Å²) in [6.07, 6.45) is 0.489. The molecule has 0 aliphatic carbocycles. The van der Waals surface area contributed by atoms with Crippen LogP contribution < -0.4 is 10.1 Å². The number of nitrogens with zero attached hydrogens (tertiary/aromatic N) is 1. The normalized spacial score (nSPS) is 18.3. The number of benzene rings is 1. The number of carbonyl (C=O) groups excluding carboxylic acids is 2. The number of rotatable bonds is 4. The summed E-state index contributed by atoms with van der Waals surface area (Å²) in [5.74, 6) is -2.39. The zero-order valence-electron chi connectivity index (χ0n) is 11.6. The fourth-order valence-corrected chi connectivity index (χ4v) is 2.23. The third kappa shape index (κ3) is 3.48. The maximum absolute atomic E-state index is 13.4. The molecule has 114 valence electrons. The van der Waals surface area contributed by atoms with E-state index in [9.17, 15) is 18.4 Å². The van der Waals surface area contributed by atoms with E-state index in [1.165, 1.54) is 4.90 Å². The Morgan fingerprint density at radius 1 is 1.48 bits per heavy atom. The summed E-state index contributed by atoms with van der Waals surface area (Å²) in [5.41, 5.74) is 0. The molecule has 1 aliphatic rings. The Balaban J connectivity index is 1.99. The number of nitrogens with one attached hydrogen (secondary N) is 1. The minimum absolute atomic E-state index is 0.195. The number of hydrogen-bond donors (Lipinski definition) is 1. The molecule has 0 radical (unpaired) electrons. The third-order valence-electron chi connectivity index (χ3n) is 3.28. The smallest absolute Gasteiger partial charge is 0.261 e. The maximum Gasteiger partial charge on any atom is 0.261 e. The maximum atomic E-state index is 13.4. The van der Waals surface area contributed by atoms with E-state index >= 15 is 0 Å². The quantitative estimate of drug-likeness (QED) is 0.905. The Morgan fingerprint density at radius 2 is 2.24 bits per heavy atom. The first kappa shape index (κ1) is 15.2. The fraction of sp³-hybridized carbons (Fsp3) is 0.429. The Hall–Kier alpha value is -2.18. The first-order valence-corrected chi connectivity index (χ1v) is 6.68. The van der Waals surface area contributed by atoms with Crippen LogP contribution in [-0.2, 0) is 9.59 Å². The Kier molecular flexibility index (Phi) is 4.72. The van der Waals surface area contributed by atoms with Gasteiger partial charge in [-0.15, -0.1) is 0 Å². The molecule has 0 spiro atoms. The van der Waals surface area contributed by atoms with E-state index < -0.39 is 30.2 Å². The van der Waals surface area contributed by atoms with Crippen molar-refractivity contribution >= 4 is 11.8 Å². The lowest BCUT2D eigenvalue weighted by Gasteiger charge is -2.34. The molecule has 1 aromatic carbocycles. The summed E-state index contributed by atoms with van der Waals surface area (Å²) in [6, 6.07) is 2.32. The molecule has 1 N–H and O–H groups in total. The second kappa shape index (κ2) is 6.51. The predicted octanol–water partition coefficient (Wildman–Crippen LogP) is 1.08. The molecule has 1 unspecified atom stereocenters. The van der Waals surface area contributed by atoms with Gasteiger partial charge in [0.05, 0.1) is 0 Å². The molecule has 2 rings (SSSR count). The molecule has 1 aromatic rings. The van der Waals surface area contributed by atoms with Crippen LogP contribution in [0.15, 0.2) is 18.2 Å². The number of carbonyl (C=O) groups is 2. The van der Waals surface area contributed by atoms with Gasteiger partial charge in [-0.3, -0.25) is 9.59 Å². The monoisotopic (exact) mass is 298 g/mol. The molecule has 1 fully saturated rings. The average molecular weight is 298 g/mol. The molecule has 21 heavy (non-hydrogen) atoms. The summed E-state index contributed by atoms with van der Waals surface area (Å²) in [4.78, 5) is 25.2. The molecule has 5 nitrogen and oxygen atoms in total. The van der Waals surface area contributed by atoms with Gasteiger partial charge in [-0.1, -0.05) is 6.92 Å². The van der Waals surface area contributed by atoms with Gasteiger partial charge in [0, 0.05) is 19.2 Å². The SMILES string of the molecule is CCC1C(=O)NCCN1C(=O)COc1ccc(F)cc1F. The summed E-state index contributed by atoms with van der Waals surface area (Å²) in [6.45, 7) is 2.17. The van der Waals surface area contributed by atoms with Gasteiger partial charge >= 0.3 is 0 Å². The first-order chi connectivity index (χ1) is 10.0. The van der Waals surface area contributed by atoms with Crippen LogP contribution in [0.5, 0.6) is 5.75 Å². The van der Waals surface area contributed by atoms with Gasteiger partial charge in [-0.25, -0.2) is 8.78 Å². The third-order valence-corrected chi connectivity index (χ3v) is 3.28. The van der Waals surface area contributed by atoms with Crippen molar-refractivity contribution in [3.63, 3.8) is 0 Å². The van der Waals surface area contributed by atoms with Crippen molar-refractivity contribution in [3.05, 3.63) is 29.8 Å². The zero-order valence-corrected chi connectivity index (χ0v) is 11.6. The standard InChI is InChI=1S/C14H16F2N2O3/c1-2-11-14(20)17-5-6-18(11)13(19)8-21-12-4-3-9(15)7-10(12)16/h3-4,7,11H,2,5-6,8H2,1H3,(H,17,20). The molecule has 0 bridgehead atoms. The molecule has 1 heterocycles. The van der Waals surface area contributed by atoms with E-state index in [-0.39, 0.29) is 11.7 Å². The number of piperazine rings is 1. The van der Waals surface area contributed by atoms with Gasteiger partial charge in [-0.05, 0) is 18.6 Å². The van der Waals surface area contributed by atoms with E-state index in [2.05, 4.69) is 5.32 Å². The van der Waals surface area contributed by atoms with Crippen molar-refractivity contribution in [3.8, 4) is 5.75 Å². The highest BCUT2D eigenvalue weighted by atomic mass is 19.1. The van der Waals surface area contributed by atoms with E-state index in [0.717, 1.165) is 12.1 Å². The summed E-state index contributed by atoms with van der Waals surface area (Å²) in [5, 5.41) is 2.68. The lowest BCUT2D eigenvalue weighted by Crippen LogP contribution is -2.57. The highest BCUT2D eigenvalue weighted by Crippen LogP contribution is 2.18. The highest BCUT2D eigenvalue weighted by molar-refractivity contribution is 5.89. The van der Waals surface area contributed by atoms with E-state index in [1.54, 1.807) is 6.92 Å². The molecule has 2 amide bonds. The molecular formula is C14H16F2N2O3. The molecule has 7 heteroatoms. The zero-order chi connectivity index (χ0) is 15.4. The van der Waals surface area contributed by atoms with Crippen molar-refractivity contribution < 1.29 is 23.1 Å². The summed E-state index contributed by atoms with van der Waals surface area (Å²) >= 11 is 0. The van der Waals surface area contributed by atoms with Gasteiger partial charge in [0.15, 0.2) is 18.2 Å². The van der Waals surface area contributed by atoms with E-state index in [1.807, 2.05) is 0 Å². The number of halogens is 2. The van der Waals surface area contributed by atoms with Crippen LogP contribution in [0.3, 0.4) is 0 Å². The molecule has 1 aliphatic heterocycles. The molecule has 1 atom stereocenters. The Labute approximate surface area is 120 Å². The Morgan fingerprint density at radius 3 is 2.90 bits per heavy atom. The van der Waals surface area contributed by atoms with Gasteiger partial charge in [-0.2, -0.15) is 0 Å². The van der Waals surface area contributed by atoms with Crippen molar-refractivity contribution in [2.24, 2.45) is 0 Å². The molecule has 0 saturated carbocycles. The van der Waals surface area contributed by atoms with Crippen LogP contribution in [-0.4, -0.2) is 42.5 Å². The predicted molar refractivity (Wildman–Crippen MR) is 70.7 cm³/mol. The van der Waals surface area contributed by atoms with Crippen molar-refractivity contribution in [2.75, 3.05) is 19.7 Å². The second-order valence-electron chi connectivity index (χ2n) is 4.67. The Bertz CT molecular complexity index is 551. The second-order valence-corrected chi connectivity index (χ2v) is 4.67. The molecular weight excluding hydrogens is 282 g/mol. The minimum Gasteiger partial charge on any atom is -0.481 e. The molecule has 0 aromatic heterocycles. The number of amides is 2. The van der Waals surface area contributed by atoms with Crippen molar-refractivity contribution in [1.82, 2.24) is 10.2 Å². The van der Waals surface area contributed by atoms with Gasteiger partial charge in [0.25, 0.3) is 5.91 Å². The van der Waals surface area contributed by atoms with Crippen molar-refractivity contribution in [1.29, 1.82) is 0 Å². The van der Waals surface area contributed by atoms with Crippen LogP contribution in [0.1, 0.15) is 13.3 Å². The molecule has 1 saturated heterocycles. The summed E-state index contributed by atoms with van der Waals surface area (Å²) < 4.78 is 31.2. The average Bonchev–Trinajstić information content (AvgIpc) is 2.45. The largest absolute Gasteiger partial charge is 0.481 e. The van der Waals surface area contributed by atoms with Crippen LogP contribution >= 0.6 is 0 Å². The lowest BCUT2D eigenvalue weighted by molar-refractivity contribution is -0.144. The fourth-order valence-electron chi connectivity index (χ4n) is 2.23. The summed E-state index contributed by atoms with van der Waals surface area (Å²) in [7, 11) is 0. The number of hydrogen-bond acceptors (Lipinski definition) is 3. The van der Waals surface area contributed by atoms with Crippen LogP contribution in [0.2, 0.25) is 0 Å². The van der Waals surface area contributed by atoms with E-state index in [4.69, 9.17) is 4.74 Å². The van der Waals surface area contributed by atoms with Crippen molar-refractivity contribution in [2.45, 2.75) is 19.4 Å². The van der Waals surface area contributed by atoms with Crippen LogP contribution in [0, 0.1) is 11.6 Å². The highest BCUT2D eigenvalue weighted by Gasteiger charge is 2.31. The van der Waals surface area contributed by atoms with Gasteiger partial charge < -0.3 is 15.0 Å². The van der Waals surface area contributed by atoms with Gasteiger partial charge in [0.1, 0.15) is 11.9 Å². The van der Waals surface area contributed by atoms with Crippen LogP contribution in [0.25, 0.3) is 0 Å². The first-order valence-electron chi connectivity index (χ1n) is 6.68. The van der Waals surface area contributed by atoms with Crippen LogP contribution in [0.4, 0.5) is 8.78 Å². The van der Waals surface area contributed by atoms with Gasteiger partial charge in [0.2, 0.25) is 5.91 Å². The lowest BCUT2D eigenvalue weighted by atomic mass is 10.1. The van der Waals surface area contributed by atoms with E-state index in [0.29, 0.717) is 25.6 Å². The topological polar surface area (TPSA) is 58.6 Å².